The van der Waals surface area contributed by atoms with Crippen LogP contribution < -0.4 is 19.8 Å². The summed E-state index contributed by atoms with van der Waals surface area (Å²) in [5.41, 5.74) is 3.72. The van der Waals surface area contributed by atoms with Gasteiger partial charge in [0, 0.05) is 18.7 Å². The fraction of sp³-hybridized carbons (Fsp3) is 0.353. The maximum atomic E-state index is 13.9. The van der Waals surface area contributed by atoms with Crippen LogP contribution in [0.25, 0.3) is 22.3 Å². The molecule has 0 radical (unpaired) electrons. The molecule has 10 nitrogen and oxygen atoms in total. The number of methoxy groups -OCH3 is 1. The predicted molar refractivity (Wildman–Crippen MR) is 183 cm³/mol. The zero-order chi connectivity index (χ0) is 32.1. The number of nitrogens with zero attached hydrogens (tertiary/aromatic N) is 4. The molecule has 0 atom stereocenters. The van der Waals surface area contributed by atoms with Gasteiger partial charge in [-0.25, -0.2) is 4.98 Å². The number of aryl methyl sites for hydroxylation is 1. The Labute approximate surface area is 276 Å². The van der Waals surface area contributed by atoms with Crippen LogP contribution in [0.4, 0.5) is 0 Å². The van der Waals surface area contributed by atoms with Gasteiger partial charge in [-0.2, -0.15) is 9.78 Å². The molecule has 0 spiro atoms. The van der Waals surface area contributed by atoms with Crippen molar-refractivity contribution in [3.8, 4) is 28.6 Å². The Morgan fingerprint density at radius 3 is 2.58 bits per heavy atom. The molecular weight excluding hydrogens is 687 g/mol. The van der Waals surface area contributed by atoms with Crippen LogP contribution in [0.1, 0.15) is 43.4 Å². The lowest BCUT2D eigenvalue weighted by Crippen LogP contribution is -2.43. The largest absolute Gasteiger partial charge is 0.494 e. The first kappa shape index (κ1) is 32.4. The number of benzene rings is 3. The first-order valence-corrected chi connectivity index (χ1v) is 16.0. The normalized spacial score (nSPS) is 13.5. The number of morpholine rings is 1. The van der Waals surface area contributed by atoms with Gasteiger partial charge in [-0.05, 0) is 95.4 Å². The van der Waals surface area contributed by atoms with Crippen molar-refractivity contribution in [2.45, 2.75) is 33.6 Å². The minimum Gasteiger partial charge on any atom is -0.494 e. The average Bonchev–Trinajstić information content (AvgIpc) is 3.04. The molecule has 0 bridgehead atoms. The molecule has 11 heteroatoms. The smallest absolute Gasteiger partial charge is 0.282 e. The van der Waals surface area contributed by atoms with Crippen molar-refractivity contribution in [3.05, 3.63) is 79.1 Å². The third-order valence-corrected chi connectivity index (χ3v) is 8.35. The van der Waals surface area contributed by atoms with Crippen molar-refractivity contribution in [3.63, 3.8) is 0 Å². The number of halogens is 1. The number of amides is 1. The molecule has 3 aromatic carbocycles. The van der Waals surface area contributed by atoms with Crippen LogP contribution in [0.15, 0.2) is 58.4 Å². The van der Waals surface area contributed by atoms with E-state index in [9.17, 15) is 9.59 Å². The van der Waals surface area contributed by atoms with Crippen LogP contribution in [0, 0.1) is 10.5 Å². The van der Waals surface area contributed by atoms with Crippen molar-refractivity contribution in [1.29, 1.82) is 0 Å². The fourth-order valence-electron chi connectivity index (χ4n) is 5.19. The Balaban J connectivity index is 1.54. The number of rotatable bonds is 10. The molecule has 0 unspecified atom stereocenters. The van der Waals surface area contributed by atoms with Gasteiger partial charge in [-0.1, -0.05) is 26.0 Å². The van der Waals surface area contributed by atoms with Crippen molar-refractivity contribution >= 4 is 45.6 Å². The van der Waals surface area contributed by atoms with E-state index < -0.39 is 0 Å². The van der Waals surface area contributed by atoms with Crippen LogP contribution >= 0.6 is 22.6 Å². The van der Waals surface area contributed by atoms with E-state index in [0.717, 1.165) is 26.0 Å². The van der Waals surface area contributed by atoms with Gasteiger partial charge in [0.05, 0.1) is 47.6 Å². The molecule has 1 aliphatic heterocycles. The summed E-state index contributed by atoms with van der Waals surface area (Å²) < 4.78 is 24.9. The second-order valence-electron chi connectivity index (χ2n) is 10.9. The average molecular weight is 725 g/mol. The van der Waals surface area contributed by atoms with Gasteiger partial charge in [0.2, 0.25) is 0 Å². The highest BCUT2D eigenvalue weighted by atomic mass is 127. The lowest BCUT2D eigenvalue weighted by molar-refractivity contribution is -0.137. The zero-order valence-corrected chi connectivity index (χ0v) is 28.3. The Bertz CT molecular complexity index is 1800. The topological polar surface area (TPSA) is 104 Å². The number of para-hydroxylation sites is 1. The van der Waals surface area contributed by atoms with Gasteiger partial charge in [0.25, 0.3) is 11.5 Å². The molecule has 2 heterocycles. The number of carbonyl (C=O) groups is 1. The number of hydrogen-bond donors (Lipinski definition) is 0. The lowest BCUT2D eigenvalue weighted by Gasteiger charge is -2.27. The Kier molecular flexibility index (Phi) is 10.4. The van der Waals surface area contributed by atoms with Crippen molar-refractivity contribution in [1.82, 2.24) is 14.6 Å². The number of ether oxygens (including phenoxy) is 4. The SMILES string of the molecule is CCOc1cc(C)c(-c2nc3ccccc3c(=O)n2N=Cc2cc(I)c(OCC(=O)N3CCOCC3)c(OC)c2)cc1C(C)C. The Morgan fingerprint density at radius 1 is 1.11 bits per heavy atom. The summed E-state index contributed by atoms with van der Waals surface area (Å²) in [7, 11) is 1.54. The summed E-state index contributed by atoms with van der Waals surface area (Å²) >= 11 is 2.14. The number of hydrogen-bond acceptors (Lipinski definition) is 8. The quantitative estimate of drug-likeness (QED) is 0.154. The summed E-state index contributed by atoms with van der Waals surface area (Å²) in [4.78, 5) is 33.2. The number of fused-ring (bicyclic) bond motifs is 1. The summed E-state index contributed by atoms with van der Waals surface area (Å²) in [6.07, 6.45) is 1.60. The zero-order valence-electron chi connectivity index (χ0n) is 26.1. The van der Waals surface area contributed by atoms with E-state index in [0.29, 0.717) is 66.7 Å². The molecule has 236 valence electrons. The second-order valence-corrected chi connectivity index (χ2v) is 12.1. The van der Waals surface area contributed by atoms with Crippen molar-refractivity contribution in [2.24, 2.45) is 5.10 Å². The van der Waals surface area contributed by atoms with Gasteiger partial charge in [0.1, 0.15) is 5.75 Å². The first-order chi connectivity index (χ1) is 21.7. The second kappa shape index (κ2) is 14.4. The fourth-order valence-corrected chi connectivity index (χ4v) is 5.97. The van der Waals surface area contributed by atoms with Gasteiger partial charge >= 0.3 is 0 Å². The van der Waals surface area contributed by atoms with Crippen LogP contribution in [-0.4, -0.2) is 73.3 Å². The molecular formula is C34H37IN4O6. The van der Waals surface area contributed by atoms with E-state index in [1.54, 1.807) is 30.4 Å². The highest BCUT2D eigenvalue weighted by molar-refractivity contribution is 14.1. The van der Waals surface area contributed by atoms with E-state index in [-0.39, 0.29) is 24.0 Å². The highest BCUT2D eigenvalue weighted by Crippen LogP contribution is 2.35. The maximum absolute atomic E-state index is 13.9. The van der Waals surface area contributed by atoms with Gasteiger partial charge in [-0.3, -0.25) is 9.59 Å². The van der Waals surface area contributed by atoms with Crippen LogP contribution in [-0.2, 0) is 9.53 Å². The predicted octanol–water partition coefficient (Wildman–Crippen LogP) is 5.63. The summed E-state index contributed by atoms with van der Waals surface area (Å²) in [6, 6.07) is 14.9. The Hall–Kier alpha value is -3.97. The van der Waals surface area contributed by atoms with Crippen molar-refractivity contribution < 1.29 is 23.7 Å². The standard InChI is InChI=1S/C34H37IN4O6/c1-6-44-29-15-22(4)26(18-25(29)21(2)3)33-37-28-10-8-7-9-24(28)34(41)39(33)36-19-23-16-27(35)32(30(17-23)42-5)45-20-31(40)38-11-13-43-14-12-38/h7-10,15-19,21H,6,11-14,20H2,1-5H3. The molecule has 0 saturated carbocycles. The maximum Gasteiger partial charge on any atom is 0.282 e. The van der Waals surface area contributed by atoms with Crippen molar-refractivity contribution in [2.75, 3.05) is 46.6 Å². The molecule has 1 aromatic heterocycles. The van der Waals surface area contributed by atoms with Gasteiger partial charge < -0.3 is 23.8 Å². The molecule has 1 fully saturated rings. The van der Waals surface area contributed by atoms with E-state index in [2.05, 4.69) is 41.5 Å². The number of aromatic nitrogens is 2. The first-order valence-electron chi connectivity index (χ1n) is 14.9. The Morgan fingerprint density at radius 2 is 1.87 bits per heavy atom. The molecule has 0 N–H and O–H groups in total. The minimum atomic E-state index is -0.283. The molecule has 4 aromatic rings. The highest BCUT2D eigenvalue weighted by Gasteiger charge is 2.21. The lowest BCUT2D eigenvalue weighted by atomic mass is 9.96. The summed E-state index contributed by atoms with van der Waals surface area (Å²) in [6.45, 7) is 10.7. The summed E-state index contributed by atoms with van der Waals surface area (Å²) in [5, 5.41) is 5.14. The van der Waals surface area contributed by atoms with E-state index in [1.807, 2.05) is 50.2 Å². The van der Waals surface area contributed by atoms with Crippen LogP contribution in [0.3, 0.4) is 0 Å². The van der Waals surface area contributed by atoms with Crippen LogP contribution in [0.5, 0.6) is 17.2 Å². The van der Waals surface area contributed by atoms with Crippen LogP contribution in [0.2, 0.25) is 0 Å². The van der Waals surface area contributed by atoms with E-state index in [1.165, 1.54) is 4.68 Å². The monoisotopic (exact) mass is 724 g/mol. The molecule has 45 heavy (non-hydrogen) atoms. The summed E-state index contributed by atoms with van der Waals surface area (Å²) in [5.74, 6) is 2.25. The number of carbonyl (C=O) groups excluding carboxylic acids is 1. The molecule has 5 rings (SSSR count). The van der Waals surface area contributed by atoms with E-state index in [4.69, 9.17) is 23.9 Å². The van der Waals surface area contributed by atoms with E-state index >= 15 is 0 Å². The molecule has 1 aliphatic rings. The molecule has 0 aliphatic carbocycles. The molecule has 1 saturated heterocycles. The third-order valence-electron chi connectivity index (χ3n) is 7.55. The third kappa shape index (κ3) is 7.14. The molecule has 1 amide bonds. The minimum absolute atomic E-state index is 0.109. The van der Waals surface area contributed by atoms with Gasteiger partial charge in [0.15, 0.2) is 23.9 Å². The van der Waals surface area contributed by atoms with Gasteiger partial charge in [-0.15, -0.1) is 0 Å².